The molecule has 0 amide bonds. The third-order valence-corrected chi connectivity index (χ3v) is 5.84. The third kappa shape index (κ3) is 5.71. The molecule has 1 heterocycles. The van der Waals surface area contributed by atoms with Crippen molar-refractivity contribution in [2.45, 2.75) is 91.4 Å². The van der Waals surface area contributed by atoms with E-state index in [0.29, 0.717) is 25.3 Å². The molecule has 1 aromatic carbocycles. The van der Waals surface area contributed by atoms with Crippen LogP contribution in [0, 0.1) is 20.8 Å². The summed E-state index contributed by atoms with van der Waals surface area (Å²) in [5, 5.41) is 0. The van der Waals surface area contributed by atoms with E-state index in [4.69, 9.17) is 25.7 Å². The molecule has 2 atom stereocenters. The molecular weight excluding hydrogens is 368 g/mol. The summed E-state index contributed by atoms with van der Waals surface area (Å²) in [5.41, 5.74) is 15.4. The van der Waals surface area contributed by atoms with E-state index < -0.39 is 17.8 Å². The van der Waals surface area contributed by atoms with E-state index in [0.717, 1.165) is 66.5 Å². The summed E-state index contributed by atoms with van der Waals surface area (Å²) in [6.07, 6.45) is 5.94. The van der Waals surface area contributed by atoms with Crippen LogP contribution in [-0.2, 0) is 16.0 Å². The highest BCUT2D eigenvalue weighted by Gasteiger charge is 2.36. The largest absolute Gasteiger partial charge is 0.462 e. The van der Waals surface area contributed by atoms with Crippen LogP contribution < -0.4 is 20.9 Å². The molecule has 0 aromatic heterocycles. The number of ether oxygens (including phenoxy) is 3. The van der Waals surface area contributed by atoms with Gasteiger partial charge >= 0.3 is 5.97 Å². The monoisotopic (exact) mass is 406 g/mol. The first-order valence-electron chi connectivity index (χ1n) is 10.9. The van der Waals surface area contributed by atoms with Crippen molar-refractivity contribution >= 4 is 5.97 Å². The molecule has 1 aliphatic heterocycles. The summed E-state index contributed by atoms with van der Waals surface area (Å²) >= 11 is 0. The molecule has 0 fully saturated rings. The Labute approximate surface area is 175 Å². The number of carbonyl (C=O) groups excluding carboxylic acids is 1. The predicted molar refractivity (Wildman–Crippen MR) is 115 cm³/mol. The summed E-state index contributed by atoms with van der Waals surface area (Å²) in [7, 11) is 0. The minimum Gasteiger partial charge on any atom is -0.462 e. The van der Waals surface area contributed by atoms with Gasteiger partial charge in [-0.15, -0.1) is 0 Å². The van der Waals surface area contributed by atoms with Gasteiger partial charge in [0.15, 0.2) is 0 Å². The highest BCUT2D eigenvalue weighted by atomic mass is 16.7. The second-order valence-corrected chi connectivity index (χ2v) is 8.26. The van der Waals surface area contributed by atoms with Crippen molar-refractivity contribution in [1.82, 2.24) is 0 Å². The normalized spacial score (nSPS) is 19.4. The maximum Gasteiger partial charge on any atom is 0.328 e. The first-order valence-corrected chi connectivity index (χ1v) is 10.9. The van der Waals surface area contributed by atoms with E-state index in [1.54, 1.807) is 0 Å². The maximum absolute atomic E-state index is 12.5. The Kier molecular flexibility index (Phi) is 8.49. The van der Waals surface area contributed by atoms with Gasteiger partial charge in [-0.1, -0.05) is 19.8 Å². The summed E-state index contributed by atoms with van der Waals surface area (Å²) < 4.78 is 18.1. The lowest BCUT2D eigenvalue weighted by molar-refractivity contribution is -0.181. The molecule has 0 aliphatic carbocycles. The van der Waals surface area contributed by atoms with Gasteiger partial charge in [-0.3, -0.25) is 0 Å². The number of rotatable bonds is 10. The van der Waals surface area contributed by atoms with E-state index in [9.17, 15) is 4.79 Å². The van der Waals surface area contributed by atoms with Crippen LogP contribution in [0.2, 0.25) is 0 Å². The molecule has 4 N–H and O–H groups in total. The molecule has 0 bridgehead atoms. The maximum atomic E-state index is 12.5. The zero-order valence-corrected chi connectivity index (χ0v) is 18.7. The minimum absolute atomic E-state index is 0.392. The Morgan fingerprint density at radius 2 is 1.90 bits per heavy atom. The highest BCUT2D eigenvalue weighted by Crippen LogP contribution is 2.44. The van der Waals surface area contributed by atoms with E-state index in [1.165, 1.54) is 0 Å². The van der Waals surface area contributed by atoms with Crippen LogP contribution in [0.4, 0.5) is 0 Å². The van der Waals surface area contributed by atoms with Crippen LogP contribution in [0.5, 0.6) is 11.5 Å². The fraction of sp³-hybridized carbons (Fsp3) is 0.696. The standard InChI is InChI=1S/C23H38N2O4/c1-6-7-14-27-23(5)12-11-18-17(4)20(15(2)16(3)21(18)29-23)28-22(26)19(25)10-8-9-13-24/h19H,6-14,24-25H2,1-5H3/t19-,23?/m0/s1. The number of hydrogen-bond donors (Lipinski definition) is 2. The molecule has 29 heavy (non-hydrogen) atoms. The van der Waals surface area contributed by atoms with Gasteiger partial charge in [0.1, 0.15) is 17.5 Å². The van der Waals surface area contributed by atoms with E-state index >= 15 is 0 Å². The van der Waals surface area contributed by atoms with Gasteiger partial charge in [0.05, 0.1) is 6.61 Å². The van der Waals surface area contributed by atoms with Crippen molar-refractivity contribution in [2.75, 3.05) is 13.2 Å². The van der Waals surface area contributed by atoms with Crippen molar-refractivity contribution in [3.63, 3.8) is 0 Å². The molecule has 164 valence electrons. The second-order valence-electron chi connectivity index (χ2n) is 8.26. The lowest BCUT2D eigenvalue weighted by Gasteiger charge is -2.37. The lowest BCUT2D eigenvalue weighted by atomic mass is 9.91. The summed E-state index contributed by atoms with van der Waals surface area (Å²) in [4.78, 5) is 12.5. The average molecular weight is 407 g/mol. The van der Waals surface area contributed by atoms with E-state index in [-0.39, 0.29) is 0 Å². The van der Waals surface area contributed by atoms with Gasteiger partial charge in [0.2, 0.25) is 5.79 Å². The van der Waals surface area contributed by atoms with Crippen LogP contribution in [-0.4, -0.2) is 30.9 Å². The number of unbranched alkanes of at least 4 members (excludes halogenated alkanes) is 2. The Balaban J connectivity index is 2.20. The quantitative estimate of drug-likeness (QED) is 0.348. The zero-order valence-electron chi connectivity index (χ0n) is 18.7. The zero-order chi connectivity index (χ0) is 21.6. The summed E-state index contributed by atoms with van der Waals surface area (Å²) in [6.45, 7) is 11.4. The van der Waals surface area contributed by atoms with Gasteiger partial charge in [-0.2, -0.15) is 0 Å². The number of benzene rings is 1. The molecule has 6 heteroatoms. The number of esters is 1. The Bertz CT molecular complexity index is 720. The molecule has 0 saturated heterocycles. The average Bonchev–Trinajstić information content (AvgIpc) is 2.69. The van der Waals surface area contributed by atoms with Crippen molar-refractivity contribution in [2.24, 2.45) is 11.5 Å². The van der Waals surface area contributed by atoms with Crippen molar-refractivity contribution in [3.8, 4) is 11.5 Å². The number of fused-ring (bicyclic) bond motifs is 1. The van der Waals surface area contributed by atoms with Crippen LogP contribution in [0.1, 0.15) is 74.6 Å². The SMILES string of the molecule is CCCCOC1(C)CCc2c(C)c(OC(=O)[C@@H](N)CCCCN)c(C)c(C)c2O1. The van der Waals surface area contributed by atoms with Gasteiger partial charge < -0.3 is 25.7 Å². The van der Waals surface area contributed by atoms with Crippen molar-refractivity contribution in [3.05, 3.63) is 22.3 Å². The number of carbonyl (C=O) groups is 1. The smallest absolute Gasteiger partial charge is 0.328 e. The first kappa shape index (κ1) is 23.6. The van der Waals surface area contributed by atoms with Gasteiger partial charge in [-0.05, 0) is 69.7 Å². The van der Waals surface area contributed by atoms with Crippen LogP contribution in [0.3, 0.4) is 0 Å². The second kappa shape index (κ2) is 10.4. The van der Waals surface area contributed by atoms with Gasteiger partial charge in [0.25, 0.3) is 0 Å². The molecule has 0 spiro atoms. The molecule has 1 aliphatic rings. The highest BCUT2D eigenvalue weighted by molar-refractivity contribution is 5.79. The van der Waals surface area contributed by atoms with Gasteiger partial charge in [0, 0.05) is 18.9 Å². The third-order valence-electron chi connectivity index (χ3n) is 5.84. The molecule has 2 rings (SSSR count). The number of nitrogens with two attached hydrogens (primary N) is 2. The van der Waals surface area contributed by atoms with Gasteiger partial charge in [-0.25, -0.2) is 4.79 Å². The fourth-order valence-electron chi connectivity index (χ4n) is 3.70. The van der Waals surface area contributed by atoms with E-state index in [2.05, 4.69) is 6.92 Å². The molecule has 6 nitrogen and oxygen atoms in total. The predicted octanol–water partition coefficient (Wildman–Crippen LogP) is 3.83. The Morgan fingerprint density at radius 1 is 1.17 bits per heavy atom. The van der Waals surface area contributed by atoms with Crippen LogP contribution in [0.15, 0.2) is 0 Å². The number of hydrogen-bond acceptors (Lipinski definition) is 6. The van der Waals surface area contributed by atoms with Crippen molar-refractivity contribution in [1.29, 1.82) is 0 Å². The minimum atomic E-state index is -0.636. The lowest BCUT2D eigenvalue weighted by Crippen LogP contribution is -2.40. The molecule has 1 aromatic rings. The van der Waals surface area contributed by atoms with E-state index in [1.807, 2.05) is 27.7 Å². The summed E-state index contributed by atoms with van der Waals surface area (Å²) in [5.74, 6) is 0.462. The Morgan fingerprint density at radius 3 is 2.55 bits per heavy atom. The molecule has 0 radical (unpaired) electrons. The fourth-order valence-corrected chi connectivity index (χ4v) is 3.70. The van der Waals surface area contributed by atoms with Crippen LogP contribution >= 0.6 is 0 Å². The Hall–Kier alpha value is -1.63. The van der Waals surface area contributed by atoms with Crippen LogP contribution in [0.25, 0.3) is 0 Å². The first-order chi connectivity index (χ1) is 13.7. The van der Waals surface area contributed by atoms with Crippen molar-refractivity contribution < 1.29 is 19.0 Å². The molecule has 1 unspecified atom stereocenters. The topological polar surface area (TPSA) is 96.8 Å². The molecule has 0 saturated carbocycles. The molecular formula is C23H38N2O4. The summed E-state index contributed by atoms with van der Waals surface area (Å²) in [6, 6.07) is -0.636.